The largest absolute Gasteiger partial charge is 0.465 e. The number of carbonyl (C=O) groups excluding carboxylic acids is 1. The van der Waals surface area contributed by atoms with Crippen molar-refractivity contribution in [3.05, 3.63) is 0 Å². The Morgan fingerprint density at radius 3 is 2.54 bits per heavy atom. The fraction of sp³-hybridized carbons (Fsp3) is 0.800. The van der Waals surface area contributed by atoms with Gasteiger partial charge in [0.05, 0.1) is 6.61 Å². The van der Waals surface area contributed by atoms with Crippen LogP contribution in [0.1, 0.15) is 6.92 Å². The van der Waals surface area contributed by atoms with Gasteiger partial charge in [-0.05, 0) is 6.92 Å². The molecule has 0 aromatic carbocycles. The van der Waals surface area contributed by atoms with E-state index in [-0.39, 0.29) is 13.2 Å². The summed E-state index contributed by atoms with van der Waals surface area (Å²) in [6.45, 7) is 1.55. The van der Waals surface area contributed by atoms with Crippen LogP contribution in [-0.2, 0) is 19.7 Å². The van der Waals surface area contributed by atoms with Crippen molar-refractivity contribution in [1.29, 1.82) is 0 Å². The molecule has 0 saturated carbocycles. The van der Waals surface area contributed by atoms with Gasteiger partial charge in [-0.25, -0.2) is 9.86 Å². The standard InChI is InChI=1S/C5H13N3O4S/c1-2-12-5(9)4(6)3-8-13(7,10)11/h4,8H,2-3,6H2,1H3,(H2,7,10,11). The highest BCUT2D eigenvalue weighted by atomic mass is 32.2. The van der Waals surface area contributed by atoms with Crippen molar-refractivity contribution in [3.63, 3.8) is 0 Å². The van der Waals surface area contributed by atoms with E-state index in [0.717, 1.165) is 0 Å². The van der Waals surface area contributed by atoms with Gasteiger partial charge in [-0.15, -0.1) is 0 Å². The van der Waals surface area contributed by atoms with Gasteiger partial charge in [0.25, 0.3) is 10.2 Å². The van der Waals surface area contributed by atoms with Gasteiger partial charge in [0.15, 0.2) is 0 Å². The smallest absolute Gasteiger partial charge is 0.324 e. The van der Waals surface area contributed by atoms with E-state index < -0.39 is 22.2 Å². The maximum absolute atomic E-state index is 10.8. The summed E-state index contributed by atoms with van der Waals surface area (Å²) in [6, 6.07) is -1.03. The van der Waals surface area contributed by atoms with Crippen LogP contribution >= 0.6 is 0 Å². The molecule has 8 heteroatoms. The molecule has 7 nitrogen and oxygen atoms in total. The number of hydrogen-bond acceptors (Lipinski definition) is 5. The molecule has 78 valence electrons. The lowest BCUT2D eigenvalue weighted by atomic mass is 10.3. The van der Waals surface area contributed by atoms with Crippen LogP contribution in [0.5, 0.6) is 0 Å². The van der Waals surface area contributed by atoms with Crippen LogP contribution in [0.2, 0.25) is 0 Å². The van der Waals surface area contributed by atoms with Gasteiger partial charge in [-0.2, -0.15) is 8.42 Å². The molecule has 0 aliphatic rings. The van der Waals surface area contributed by atoms with Crippen LogP contribution < -0.4 is 15.6 Å². The van der Waals surface area contributed by atoms with Crippen molar-refractivity contribution in [1.82, 2.24) is 4.72 Å². The lowest BCUT2D eigenvalue weighted by molar-refractivity contribution is -0.144. The number of esters is 1. The minimum atomic E-state index is -3.81. The Hall–Kier alpha value is -0.700. The van der Waals surface area contributed by atoms with E-state index in [1.54, 1.807) is 6.92 Å². The zero-order valence-electron chi connectivity index (χ0n) is 7.19. The van der Waals surface area contributed by atoms with E-state index in [1.165, 1.54) is 0 Å². The third kappa shape index (κ3) is 6.46. The molecule has 1 unspecified atom stereocenters. The Morgan fingerprint density at radius 1 is 1.62 bits per heavy atom. The molecular formula is C5H13N3O4S. The van der Waals surface area contributed by atoms with Gasteiger partial charge in [0, 0.05) is 6.54 Å². The first-order valence-electron chi connectivity index (χ1n) is 3.56. The maximum Gasteiger partial charge on any atom is 0.324 e. The number of nitrogens with two attached hydrogens (primary N) is 2. The van der Waals surface area contributed by atoms with Crippen molar-refractivity contribution >= 4 is 16.2 Å². The molecule has 0 heterocycles. The lowest BCUT2D eigenvalue weighted by Crippen LogP contribution is -2.45. The normalized spacial score (nSPS) is 13.8. The molecule has 0 amide bonds. The van der Waals surface area contributed by atoms with Crippen LogP contribution in [0.4, 0.5) is 0 Å². The van der Waals surface area contributed by atoms with Crippen LogP contribution in [0.3, 0.4) is 0 Å². The molecule has 5 N–H and O–H groups in total. The highest BCUT2D eigenvalue weighted by Gasteiger charge is 2.15. The number of hydrogen-bond donors (Lipinski definition) is 3. The van der Waals surface area contributed by atoms with Crippen molar-refractivity contribution in [2.45, 2.75) is 13.0 Å². The first-order valence-corrected chi connectivity index (χ1v) is 5.11. The quantitative estimate of drug-likeness (QED) is 0.440. The Kier molecular flexibility index (Phi) is 4.85. The van der Waals surface area contributed by atoms with E-state index in [2.05, 4.69) is 9.88 Å². The van der Waals surface area contributed by atoms with Gasteiger partial charge >= 0.3 is 5.97 Å². The van der Waals surface area contributed by atoms with Gasteiger partial charge in [0.1, 0.15) is 6.04 Å². The summed E-state index contributed by atoms with van der Waals surface area (Å²) in [6.07, 6.45) is 0. The molecule has 0 bridgehead atoms. The topological polar surface area (TPSA) is 125 Å². The zero-order valence-corrected chi connectivity index (χ0v) is 8.00. The van der Waals surface area contributed by atoms with Crippen LogP contribution in [0.15, 0.2) is 0 Å². The Labute approximate surface area is 76.6 Å². The molecule has 0 aliphatic heterocycles. The highest BCUT2D eigenvalue weighted by molar-refractivity contribution is 7.87. The van der Waals surface area contributed by atoms with E-state index in [0.29, 0.717) is 0 Å². The predicted octanol–water partition coefficient (Wildman–Crippen LogP) is -2.33. The summed E-state index contributed by atoms with van der Waals surface area (Å²) in [4.78, 5) is 10.8. The number of rotatable bonds is 5. The number of nitrogens with one attached hydrogen (secondary N) is 1. The van der Waals surface area contributed by atoms with Crippen molar-refractivity contribution in [3.8, 4) is 0 Å². The monoisotopic (exact) mass is 211 g/mol. The van der Waals surface area contributed by atoms with Crippen LogP contribution in [0, 0.1) is 0 Å². The minimum absolute atomic E-state index is 0.196. The molecule has 0 spiro atoms. The Bertz CT molecular complexity index is 263. The Balaban J connectivity index is 3.88. The van der Waals surface area contributed by atoms with E-state index in [4.69, 9.17) is 5.73 Å². The Morgan fingerprint density at radius 2 is 2.15 bits per heavy atom. The van der Waals surface area contributed by atoms with Gasteiger partial charge < -0.3 is 10.5 Å². The first kappa shape index (κ1) is 12.3. The average molecular weight is 211 g/mol. The van der Waals surface area contributed by atoms with Crippen LogP contribution in [-0.4, -0.2) is 33.6 Å². The summed E-state index contributed by atoms with van der Waals surface area (Å²) >= 11 is 0. The molecule has 0 aliphatic carbocycles. The van der Waals surface area contributed by atoms with Crippen molar-refractivity contribution in [2.75, 3.05) is 13.2 Å². The van der Waals surface area contributed by atoms with Crippen molar-refractivity contribution in [2.24, 2.45) is 10.9 Å². The second-order valence-electron chi connectivity index (χ2n) is 2.25. The van der Waals surface area contributed by atoms with Crippen molar-refractivity contribution < 1.29 is 17.9 Å². The van der Waals surface area contributed by atoms with E-state index in [1.807, 2.05) is 4.72 Å². The first-order chi connectivity index (χ1) is 5.87. The second kappa shape index (κ2) is 5.12. The van der Waals surface area contributed by atoms with E-state index in [9.17, 15) is 13.2 Å². The molecule has 0 radical (unpaired) electrons. The maximum atomic E-state index is 10.8. The minimum Gasteiger partial charge on any atom is -0.465 e. The van der Waals surface area contributed by atoms with Gasteiger partial charge in [0.2, 0.25) is 0 Å². The van der Waals surface area contributed by atoms with Crippen LogP contribution in [0.25, 0.3) is 0 Å². The third-order valence-corrected chi connectivity index (χ3v) is 1.66. The zero-order chi connectivity index (χ0) is 10.5. The summed E-state index contributed by atoms with van der Waals surface area (Å²) in [7, 11) is -3.81. The molecule has 0 fully saturated rings. The molecule has 13 heavy (non-hydrogen) atoms. The molecular weight excluding hydrogens is 198 g/mol. The van der Waals surface area contributed by atoms with Gasteiger partial charge in [-0.1, -0.05) is 0 Å². The number of carbonyl (C=O) groups is 1. The van der Waals surface area contributed by atoms with Gasteiger partial charge in [-0.3, -0.25) is 4.79 Å². The average Bonchev–Trinajstić information content (AvgIpc) is 1.99. The molecule has 0 saturated heterocycles. The summed E-state index contributed by atoms with van der Waals surface area (Å²) in [5, 5.41) is 4.61. The molecule has 0 aromatic heterocycles. The second-order valence-corrected chi connectivity index (χ2v) is 3.63. The SMILES string of the molecule is CCOC(=O)C(N)CNS(N)(=O)=O. The lowest BCUT2D eigenvalue weighted by Gasteiger charge is -2.09. The number of ether oxygens (including phenoxy) is 1. The fourth-order valence-corrected chi connectivity index (χ4v) is 0.950. The predicted molar refractivity (Wildman–Crippen MR) is 45.7 cm³/mol. The summed E-state index contributed by atoms with van der Waals surface area (Å²) in [5.41, 5.74) is 5.25. The molecule has 0 aromatic rings. The molecule has 1 atom stereocenters. The third-order valence-electron chi connectivity index (χ3n) is 1.09. The molecule has 0 rings (SSSR count). The van der Waals surface area contributed by atoms with E-state index >= 15 is 0 Å². The highest BCUT2D eigenvalue weighted by Crippen LogP contribution is 1.84. The summed E-state index contributed by atoms with van der Waals surface area (Å²) in [5.74, 6) is -0.668. The summed E-state index contributed by atoms with van der Waals surface area (Å²) < 4.78 is 27.2. The fourth-order valence-electron chi connectivity index (χ4n) is 0.539.